The monoisotopic (exact) mass is 300 g/mol. The molecule has 0 N–H and O–H groups in total. The van der Waals surface area contributed by atoms with Crippen molar-refractivity contribution in [3.05, 3.63) is 40.8 Å². The molecule has 0 heterocycles. The molecule has 0 aliphatic carbocycles. The van der Waals surface area contributed by atoms with Crippen molar-refractivity contribution in [1.82, 2.24) is 0 Å². The van der Waals surface area contributed by atoms with Crippen LogP contribution < -0.4 is 4.74 Å². The molecule has 1 aromatic rings. The predicted octanol–water partition coefficient (Wildman–Crippen LogP) is 5.41. The highest BCUT2D eigenvalue weighted by atomic mass is 79.9. The molecule has 0 aromatic heterocycles. The molecule has 0 radical (unpaired) electrons. The van der Waals surface area contributed by atoms with E-state index >= 15 is 0 Å². The fourth-order valence-electron chi connectivity index (χ4n) is 1.44. The van der Waals surface area contributed by atoms with Crippen molar-refractivity contribution in [1.29, 1.82) is 0 Å². The Kier molecular flexibility index (Phi) is 6.94. The van der Waals surface area contributed by atoms with Gasteiger partial charge in [-0.15, -0.1) is 0 Å². The van der Waals surface area contributed by atoms with Gasteiger partial charge in [-0.1, -0.05) is 26.2 Å². The van der Waals surface area contributed by atoms with Gasteiger partial charge in [0.15, 0.2) is 4.67 Å². The molecule has 0 saturated heterocycles. The lowest BCUT2D eigenvalue weighted by Gasteiger charge is -2.04. The molecular formula is C14H18BrFO. The Morgan fingerprint density at radius 1 is 1.24 bits per heavy atom. The van der Waals surface area contributed by atoms with Crippen LogP contribution in [0, 0.1) is 5.82 Å². The summed E-state index contributed by atoms with van der Waals surface area (Å²) in [6.07, 6.45) is 7.97. The van der Waals surface area contributed by atoms with Crippen LogP contribution in [0.4, 0.5) is 4.39 Å². The highest BCUT2D eigenvalue weighted by Crippen LogP contribution is 2.18. The van der Waals surface area contributed by atoms with Crippen LogP contribution in [0.1, 0.15) is 39.0 Å². The van der Waals surface area contributed by atoms with Crippen LogP contribution in [0.5, 0.6) is 5.75 Å². The number of unbranched alkanes of at least 4 members (excludes halogenated alkanes) is 4. The molecule has 0 atom stereocenters. The fourth-order valence-corrected chi connectivity index (χ4v) is 1.86. The van der Waals surface area contributed by atoms with Gasteiger partial charge in [-0.05, 0) is 59.1 Å². The molecule has 1 aromatic carbocycles. The summed E-state index contributed by atoms with van der Waals surface area (Å²) in [6, 6.07) is 6.00. The maximum Gasteiger partial charge on any atom is 0.165 e. The van der Waals surface area contributed by atoms with Crippen molar-refractivity contribution in [2.45, 2.75) is 39.0 Å². The van der Waals surface area contributed by atoms with Crippen LogP contribution in [0.3, 0.4) is 0 Å². The molecule has 3 heteroatoms. The number of allylic oxidation sites excluding steroid dienone is 1. The van der Waals surface area contributed by atoms with Crippen molar-refractivity contribution in [3.8, 4) is 5.75 Å². The van der Waals surface area contributed by atoms with Crippen LogP contribution >= 0.6 is 15.9 Å². The van der Waals surface area contributed by atoms with Gasteiger partial charge in [0.1, 0.15) is 11.6 Å². The Bertz CT molecular complexity index is 346. The molecular weight excluding hydrogens is 283 g/mol. The minimum Gasteiger partial charge on any atom is -0.450 e. The van der Waals surface area contributed by atoms with E-state index < -0.39 is 0 Å². The van der Waals surface area contributed by atoms with Gasteiger partial charge in [0.2, 0.25) is 0 Å². The molecule has 0 spiro atoms. The number of rotatable bonds is 7. The third-order valence-electron chi connectivity index (χ3n) is 2.39. The topological polar surface area (TPSA) is 9.23 Å². The maximum absolute atomic E-state index is 12.7. The standard InChI is InChI=1S/C14H18BrFO/c1-2-3-4-5-6-7-14(15)17-13-10-8-12(16)9-11-13/h7-11H,2-6H2,1H3/b14-7+. The van der Waals surface area contributed by atoms with Crippen LogP contribution in [-0.4, -0.2) is 0 Å². The highest BCUT2D eigenvalue weighted by molar-refractivity contribution is 9.11. The van der Waals surface area contributed by atoms with E-state index in [0.717, 1.165) is 6.42 Å². The summed E-state index contributed by atoms with van der Waals surface area (Å²) in [4.78, 5) is 0. The first-order valence-corrected chi connectivity index (χ1v) is 6.80. The Hall–Kier alpha value is -0.830. The minimum atomic E-state index is -0.253. The molecule has 0 saturated carbocycles. The lowest BCUT2D eigenvalue weighted by molar-refractivity contribution is 0.464. The molecule has 17 heavy (non-hydrogen) atoms. The smallest absolute Gasteiger partial charge is 0.165 e. The normalized spacial score (nSPS) is 11.6. The summed E-state index contributed by atoms with van der Waals surface area (Å²) in [5.74, 6) is 0.389. The summed E-state index contributed by atoms with van der Waals surface area (Å²) in [7, 11) is 0. The fraction of sp³-hybridized carbons (Fsp3) is 0.429. The average molecular weight is 301 g/mol. The van der Waals surface area contributed by atoms with Gasteiger partial charge < -0.3 is 4.74 Å². The van der Waals surface area contributed by atoms with Gasteiger partial charge in [-0.3, -0.25) is 0 Å². The van der Waals surface area contributed by atoms with Crippen molar-refractivity contribution in [2.24, 2.45) is 0 Å². The first kappa shape index (κ1) is 14.2. The first-order valence-electron chi connectivity index (χ1n) is 6.01. The quantitative estimate of drug-likeness (QED) is 0.483. The summed E-state index contributed by atoms with van der Waals surface area (Å²) in [6.45, 7) is 2.20. The molecule has 0 amide bonds. The Balaban J connectivity index is 2.30. The number of halogens is 2. The van der Waals surface area contributed by atoms with Crippen LogP contribution in [-0.2, 0) is 0 Å². The molecule has 94 valence electrons. The summed E-state index contributed by atoms with van der Waals surface area (Å²) in [5, 5.41) is 0. The van der Waals surface area contributed by atoms with Gasteiger partial charge in [0, 0.05) is 0 Å². The lowest BCUT2D eigenvalue weighted by Crippen LogP contribution is -1.88. The molecule has 0 bridgehead atoms. The highest BCUT2D eigenvalue weighted by Gasteiger charge is 1.97. The molecule has 0 fully saturated rings. The number of hydrogen-bond acceptors (Lipinski definition) is 1. The lowest BCUT2D eigenvalue weighted by atomic mass is 10.1. The van der Waals surface area contributed by atoms with Gasteiger partial charge in [0.05, 0.1) is 0 Å². The number of benzene rings is 1. The van der Waals surface area contributed by atoms with E-state index in [1.807, 2.05) is 6.08 Å². The molecule has 1 nitrogen and oxygen atoms in total. The van der Waals surface area contributed by atoms with E-state index in [2.05, 4.69) is 22.9 Å². The maximum atomic E-state index is 12.7. The molecule has 0 aliphatic heterocycles. The largest absolute Gasteiger partial charge is 0.450 e. The Labute approximate surface area is 111 Å². The van der Waals surface area contributed by atoms with E-state index in [-0.39, 0.29) is 5.82 Å². The van der Waals surface area contributed by atoms with Gasteiger partial charge in [-0.25, -0.2) is 4.39 Å². The van der Waals surface area contributed by atoms with Gasteiger partial charge in [-0.2, -0.15) is 0 Å². The third-order valence-corrected chi connectivity index (χ3v) is 2.88. The summed E-state index contributed by atoms with van der Waals surface area (Å²) in [5.41, 5.74) is 0. The predicted molar refractivity (Wildman–Crippen MR) is 72.8 cm³/mol. The van der Waals surface area contributed by atoms with Gasteiger partial charge in [0.25, 0.3) is 0 Å². The van der Waals surface area contributed by atoms with Crippen LogP contribution in [0.15, 0.2) is 35.0 Å². The van der Waals surface area contributed by atoms with Crippen molar-refractivity contribution in [2.75, 3.05) is 0 Å². The van der Waals surface area contributed by atoms with Gasteiger partial charge >= 0.3 is 0 Å². The zero-order valence-electron chi connectivity index (χ0n) is 10.1. The number of ether oxygens (including phenoxy) is 1. The second-order valence-corrected chi connectivity index (χ2v) is 4.70. The number of hydrogen-bond donors (Lipinski definition) is 0. The Morgan fingerprint density at radius 2 is 1.94 bits per heavy atom. The third kappa shape index (κ3) is 6.47. The molecule has 1 rings (SSSR count). The van der Waals surface area contributed by atoms with E-state index in [4.69, 9.17) is 4.74 Å². The van der Waals surface area contributed by atoms with E-state index in [9.17, 15) is 4.39 Å². The first-order chi connectivity index (χ1) is 8.22. The summed E-state index contributed by atoms with van der Waals surface area (Å²) >= 11 is 3.35. The summed E-state index contributed by atoms with van der Waals surface area (Å²) < 4.78 is 18.8. The molecule has 0 unspecified atom stereocenters. The minimum absolute atomic E-state index is 0.253. The average Bonchev–Trinajstić information content (AvgIpc) is 2.32. The zero-order chi connectivity index (χ0) is 12.5. The van der Waals surface area contributed by atoms with Crippen molar-refractivity contribution in [3.63, 3.8) is 0 Å². The van der Waals surface area contributed by atoms with Crippen LogP contribution in [0.25, 0.3) is 0 Å². The SMILES string of the molecule is CCCCCC/C=C(\Br)Oc1ccc(F)cc1. The Morgan fingerprint density at radius 3 is 2.59 bits per heavy atom. The van der Waals surface area contributed by atoms with Crippen molar-refractivity contribution < 1.29 is 9.13 Å². The zero-order valence-corrected chi connectivity index (χ0v) is 11.7. The second kappa shape index (κ2) is 8.29. The van der Waals surface area contributed by atoms with E-state index in [1.54, 1.807) is 12.1 Å². The van der Waals surface area contributed by atoms with E-state index in [1.165, 1.54) is 37.8 Å². The van der Waals surface area contributed by atoms with E-state index in [0.29, 0.717) is 10.4 Å². The van der Waals surface area contributed by atoms with Crippen molar-refractivity contribution >= 4 is 15.9 Å². The van der Waals surface area contributed by atoms with Crippen LogP contribution in [0.2, 0.25) is 0 Å². The second-order valence-electron chi connectivity index (χ2n) is 3.91. The molecule has 0 aliphatic rings.